The Labute approximate surface area is 298 Å². The molecule has 4 N–H and O–H groups in total. The highest BCUT2D eigenvalue weighted by molar-refractivity contribution is 9.10. The fourth-order valence-electron chi connectivity index (χ4n) is 5.53. The first kappa shape index (κ1) is 34.3. The average Bonchev–Trinajstić information content (AvgIpc) is 3.11. The van der Waals surface area contributed by atoms with Gasteiger partial charge in [-0.3, -0.25) is 10.1 Å². The van der Waals surface area contributed by atoms with Crippen LogP contribution in [0.2, 0.25) is 0 Å². The van der Waals surface area contributed by atoms with Crippen LogP contribution in [0.25, 0.3) is 11.0 Å². The number of nitrogens with zero attached hydrogens (tertiary/aromatic N) is 3. The predicted octanol–water partition coefficient (Wildman–Crippen LogP) is 8.99. The summed E-state index contributed by atoms with van der Waals surface area (Å²) in [4.78, 5) is 41.4. The third kappa shape index (κ3) is 8.94. The topological polar surface area (TPSA) is 130 Å². The van der Waals surface area contributed by atoms with Gasteiger partial charge in [0, 0.05) is 49.4 Å². The minimum atomic E-state index is -0.464. The van der Waals surface area contributed by atoms with Crippen molar-refractivity contribution in [2.75, 3.05) is 29.0 Å². The SMILES string of the molecule is CC(C)c1ccc2c(Nc3cc(C(=O)Nc4ccc(Br)cc4)ccc3Sc3ccc(NC(=O)OC(C)C4CCCNC4)cc3)ncnc2n1. The molecule has 0 bridgehead atoms. The maximum atomic E-state index is 13.3. The van der Waals surface area contributed by atoms with E-state index in [-0.39, 0.29) is 17.9 Å². The molecule has 0 aliphatic carbocycles. The van der Waals surface area contributed by atoms with Gasteiger partial charge >= 0.3 is 6.09 Å². The molecule has 1 aliphatic rings. The summed E-state index contributed by atoms with van der Waals surface area (Å²) in [7, 11) is 0. The number of amides is 2. The maximum Gasteiger partial charge on any atom is 0.411 e. The van der Waals surface area contributed by atoms with E-state index in [0.717, 1.165) is 51.3 Å². The number of rotatable bonds is 10. The average molecular weight is 741 g/mol. The first-order valence-corrected chi connectivity index (χ1v) is 17.9. The summed E-state index contributed by atoms with van der Waals surface area (Å²) in [6.07, 6.45) is 2.99. The normalized spacial score (nSPS) is 15.1. The number of fused-ring (bicyclic) bond motifs is 1. The molecule has 0 radical (unpaired) electrons. The number of hydrogen-bond donors (Lipinski definition) is 4. The Hall–Kier alpha value is -4.52. The lowest BCUT2D eigenvalue weighted by Crippen LogP contribution is -2.38. The molecule has 2 atom stereocenters. The molecule has 2 amide bonds. The minimum absolute atomic E-state index is 0.173. The highest BCUT2D eigenvalue weighted by Gasteiger charge is 2.23. The number of piperidine rings is 1. The number of aromatic nitrogens is 3. The van der Waals surface area contributed by atoms with E-state index in [0.29, 0.717) is 40.0 Å². The van der Waals surface area contributed by atoms with E-state index in [2.05, 4.69) is 61.0 Å². The van der Waals surface area contributed by atoms with Gasteiger partial charge in [-0.25, -0.2) is 19.7 Å². The van der Waals surface area contributed by atoms with Crippen molar-refractivity contribution in [3.8, 4) is 0 Å². The van der Waals surface area contributed by atoms with Crippen LogP contribution in [0, 0.1) is 5.92 Å². The number of anilines is 4. The molecule has 10 nitrogen and oxygen atoms in total. The van der Waals surface area contributed by atoms with Crippen molar-refractivity contribution in [2.24, 2.45) is 5.92 Å². The molecule has 1 fully saturated rings. The highest BCUT2D eigenvalue weighted by Crippen LogP contribution is 2.37. The zero-order valence-electron chi connectivity index (χ0n) is 27.5. The molecule has 0 spiro atoms. The van der Waals surface area contributed by atoms with E-state index >= 15 is 0 Å². The molecule has 3 aromatic carbocycles. The highest BCUT2D eigenvalue weighted by atomic mass is 79.9. The molecule has 1 aliphatic heterocycles. The fraction of sp³-hybridized carbons (Fsp3) is 0.270. The van der Waals surface area contributed by atoms with Gasteiger partial charge < -0.3 is 20.7 Å². The number of benzene rings is 3. The lowest BCUT2D eigenvalue weighted by atomic mass is 9.95. The Morgan fingerprint density at radius 2 is 1.69 bits per heavy atom. The van der Waals surface area contributed by atoms with Crippen LogP contribution in [0.4, 0.5) is 27.7 Å². The first-order chi connectivity index (χ1) is 23.7. The molecule has 0 saturated carbocycles. The zero-order valence-corrected chi connectivity index (χ0v) is 29.9. The van der Waals surface area contributed by atoms with E-state index in [1.54, 1.807) is 6.07 Å². The number of nitrogens with one attached hydrogen (secondary N) is 4. The lowest BCUT2D eigenvalue weighted by molar-refractivity contribution is 0.0739. The number of halogens is 1. The monoisotopic (exact) mass is 739 g/mol. The van der Waals surface area contributed by atoms with Gasteiger partial charge in [-0.05, 0) is 111 Å². The second-order valence-corrected chi connectivity index (χ2v) is 14.3. The van der Waals surface area contributed by atoms with Crippen molar-refractivity contribution < 1.29 is 14.3 Å². The number of pyridine rings is 1. The summed E-state index contributed by atoms with van der Waals surface area (Å²) >= 11 is 4.95. The van der Waals surface area contributed by atoms with Gasteiger partial charge in [0.1, 0.15) is 18.2 Å². The van der Waals surface area contributed by atoms with Gasteiger partial charge in [-0.15, -0.1) is 0 Å². The number of hydrogen-bond acceptors (Lipinski definition) is 9. The first-order valence-electron chi connectivity index (χ1n) is 16.3. The van der Waals surface area contributed by atoms with Crippen LogP contribution >= 0.6 is 27.7 Å². The summed E-state index contributed by atoms with van der Waals surface area (Å²) in [6, 6.07) is 24.5. The van der Waals surface area contributed by atoms with Crippen LogP contribution in [0.15, 0.2) is 99.5 Å². The molecule has 3 heterocycles. The molecule has 1 saturated heterocycles. The van der Waals surface area contributed by atoms with Crippen LogP contribution in [-0.4, -0.2) is 46.1 Å². The van der Waals surface area contributed by atoms with Crippen LogP contribution in [0.1, 0.15) is 55.6 Å². The smallest absolute Gasteiger partial charge is 0.411 e. The van der Waals surface area contributed by atoms with Crippen molar-refractivity contribution in [3.63, 3.8) is 0 Å². The molecule has 5 aromatic rings. The molecular weight excluding hydrogens is 702 g/mol. The molecule has 6 rings (SSSR count). The number of carbonyl (C=O) groups excluding carboxylic acids is 2. The summed E-state index contributed by atoms with van der Waals surface area (Å²) in [6.45, 7) is 8.00. The van der Waals surface area contributed by atoms with Crippen molar-refractivity contribution >= 4 is 73.6 Å². The summed E-state index contributed by atoms with van der Waals surface area (Å²) in [5, 5.41) is 13.4. The molecule has 12 heteroatoms. The predicted molar refractivity (Wildman–Crippen MR) is 199 cm³/mol. The van der Waals surface area contributed by atoms with E-state index in [1.165, 1.54) is 18.1 Å². The lowest BCUT2D eigenvalue weighted by Gasteiger charge is -2.28. The second kappa shape index (κ2) is 15.8. The van der Waals surface area contributed by atoms with Gasteiger partial charge in [0.2, 0.25) is 0 Å². The van der Waals surface area contributed by atoms with E-state index in [9.17, 15) is 9.59 Å². The summed E-state index contributed by atoms with van der Waals surface area (Å²) in [5.41, 5.74) is 4.04. The Morgan fingerprint density at radius 1 is 0.939 bits per heavy atom. The van der Waals surface area contributed by atoms with Crippen molar-refractivity contribution in [1.82, 2.24) is 20.3 Å². The Morgan fingerprint density at radius 3 is 2.43 bits per heavy atom. The van der Waals surface area contributed by atoms with E-state index < -0.39 is 6.09 Å². The van der Waals surface area contributed by atoms with Gasteiger partial charge in [-0.2, -0.15) is 0 Å². The van der Waals surface area contributed by atoms with Crippen molar-refractivity contribution in [2.45, 2.75) is 55.4 Å². The third-order valence-corrected chi connectivity index (χ3v) is 9.94. The molecule has 2 aromatic heterocycles. The Bertz CT molecular complexity index is 1930. The molecule has 252 valence electrons. The van der Waals surface area contributed by atoms with Crippen LogP contribution in [0.3, 0.4) is 0 Å². The van der Waals surface area contributed by atoms with Crippen LogP contribution < -0.4 is 21.3 Å². The third-order valence-electron chi connectivity index (χ3n) is 8.33. The fourth-order valence-corrected chi connectivity index (χ4v) is 6.67. The van der Waals surface area contributed by atoms with Gasteiger partial charge in [-0.1, -0.05) is 41.5 Å². The minimum Gasteiger partial charge on any atom is -0.446 e. The van der Waals surface area contributed by atoms with Crippen molar-refractivity contribution in [1.29, 1.82) is 0 Å². The van der Waals surface area contributed by atoms with Gasteiger partial charge in [0.05, 0.1) is 11.1 Å². The van der Waals surface area contributed by atoms with Gasteiger partial charge in [0.25, 0.3) is 5.91 Å². The molecule has 49 heavy (non-hydrogen) atoms. The number of carbonyl (C=O) groups is 2. The summed E-state index contributed by atoms with van der Waals surface area (Å²) < 4.78 is 6.59. The van der Waals surface area contributed by atoms with Crippen molar-refractivity contribution in [3.05, 3.63) is 101 Å². The Balaban J connectivity index is 1.22. The van der Waals surface area contributed by atoms with Gasteiger partial charge in [0.15, 0.2) is 5.65 Å². The van der Waals surface area contributed by atoms with Crippen LogP contribution in [0.5, 0.6) is 0 Å². The van der Waals surface area contributed by atoms with Crippen LogP contribution in [-0.2, 0) is 4.74 Å². The van der Waals surface area contributed by atoms with E-state index in [1.807, 2.05) is 79.7 Å². The molecular formula is C37H38BrN7O3S. The summed E-state index contributed by atoms with van der Waals surface area (Å²) in [5.74, 6) is 0.911. The molecule has 2 unspecified atom stereocenters. The Kier molecular flexibility index (Phi) is 11.1. The largest absolute Gasteiger partial charge is 0.446 e. The zero-order chi connectivity index (χ0) is 34.3. The quantitative estimate of drug-likeness (QED) is 0.111. The second-order valence-electron chi connectivity index (χ2n) is 12.2. The number of ether oxygens (including phenoxy) is 1. The standard InChI is InChI=1S/C37H38BrN7O3S/c1-22(2)31-16-15-30-34(44-31)40-21-41-35(30)45-32-19-24(36(46)42-27-9-7-26(38)8-10-27)6-17-33(32)49-29-13-11-28(12-14-29)43-37(47)48-23(3)25-5-4-18-39-20-25/h6-17,19,21-23,25,39H,4-5,18,20H2,1-3H3,(H,42,46)(H,43,47)(H,40,41,44,45). The van der Waals surface area contributed by atoms with E-state index in [4.69, 9.17) is 9.72 Å². The maximum absolute atomic E-state index is 13.3.